The van der Waals surface area contributed by atoms with Crippen LogP contribution in [-0.4, -0.2) is 57.9 Å². The van der Waals surface area contributed by atoms with Gasteiger partial charge in [0.15, 0.2) is 0 Å². The van der Waals surface area contributed by atoms with Gasteiger partial charge in [0.25, 0.3) is 0 Å². The van der Waals surface area contributed by atoms with Gasteiger partial charge in [-0.2, -0.15) is 0 Å². The van der Waals surface area contributed by atoms with Crippen LogP contribution in [0.4, 0.5) is 0 Å². The van der Waals surface area contributed by atoms with Crippen molar-refractivity contribution in [2.24, 2.45) is 0 Å². The number of aliphatic hydroxyl groups excluding tert-OH is 1. The molecule has 1 saturated heterocycles. The number of carbonyl (C=O) groups is 1. The minimum absolute atomic E-state index is 0.183. The van der Waals surface area contributed by atoms with Gasteiger partial charge >= 0.3 is 5.97 Å². The topological polar surface area (TPSA) is 67.6 Å². The van der Waals surface area contributed by atoms with E-state index in [1.807, 2.05) is 9.47 Å². The second kappa shape index (κ2) is 5.29. The first-order valence-corrected chi connectivity index (χ1v) is 5.66. The second-order valence-corrected chi connectivity index (χ2v) is 4.24. The molecule has 0 spiro atoms. The molecule has 1 N–H and O–H groups in total. The highest BCUT2D eigenvalue weighted by molar-refractivity contribution is 5.76. The van der Waals surface area contributed by atoms with Crippen LogP contribution >= 0.6 is 0 Å². The standard InChI is InChI=1S/C11H17N3O3/c1-17-11(16)10-2-4-14(10)7-9(15)6-13-5-3-12-8-13/h3,5,8-10,15H,2,4,6-7H2,1H3. The Morgan fingerprint density at radius 3 is 3.00 bits per heavy atom. The number of carbonyl (C=O) groups excluding carboxylic acids is 1. The Hall–Kier alpha value is -1.40. The van der Waals surface area contributed by atoms with Crippen molar-refractivity contribution in [3.8, 4) is 0 Å². The molecule has 0 aliphatic carbocycles. The average molecular weight is 239 g/mol. The predicted molar refractivity (Wildman–Crippen MR) is 60.2 cm³/mol. The van der Waals surface area contributed by atoms with Crippen LogP contribution in [0.5, 0.6) is 0 Å². The number of ether oxygens (including phenoxy) is 1. The molecule has 6 nitrogen and oxygen atoms in total. The van der Waals surface area contributed by atoms with E-state index in [2.05, 4.69) is 4.98 Å². The maximum atomic E-state index is 11.3. The molecule has 6 heteroatoms. The molecule has 0 bridgehead atoms. The minimum Gasteiger partial charge on any atom is -0.468 e. The van der Waals surface area contributed by atoms with Gasteiger partial charge in [0, 0.05) is 25.5 Å². The van der Waals surface area contributed by atoms with Crippen LogP contribution in [0.1, 0.15) is 6.42 Å². The van der Waals surface area contributed by atoms with Gasteiger partial charge < -0.3 is 14.4 Å². The lowest BCUT2D eigenvalue weighted by molar-refractivity contribution is -0.152. The zero-order chi connectivity index (χ0) is 12.3. The highest BCUT2D eigenvalue weighted by Gasteiger charge is 2.35. The van der Waals surface area contributed by atoms with Crippen molar-refractivity contribution >= 4 is 5.97 Å². The summed E-state index contributed by atoms with van der Waals surface area (Å²) in [5, 5.41) is 9.89. The molecule has 1 aliphatic heterocycles. The first-order valence-electron chi connectivity index (χ1n) is 5.66. The summed E-state index contributed by atoms with van der Waals surface area (Å²) < 4.78 is 6.51. The smallest absolute Gasteiger partial charge is 0.323 e. The van der Waals surface area contributed by atoms with E-state index in [0.29, 0.717) is 13.1 Å². The van der Waals surface area contributed by atoms with E-state index in [0.717, 1.165) is 13.0 Å². The Labute approximate surface area is 99.8 Å². The first-order chi connectivity index (χ1) is 8.20. The molecule has 94 valence electrons. The second-order valence-electron chi connectivity index (χ2n) is 4.24. The van der Waals surface area contributed by atoms with Gasteiger partial charge in [-0.25, -0.2) is 4.98 Å². The summed E-state index contributed by atoms with van der Waals surface area (Å²) in [5.41, 5.74) is 0. The van der Waals surface area contributed by atoms with Crippen molar-refractivity contribution in [1.29, 1.82) is 0 Å². The third-order valence-electron chi connectivity index (χ3n) is 3.03. The van der Waals surface area contributed by atoms with Crippen LogP contribution in [0.15, 0.2) is 18.7 Å². The summed E-state index contributed by atoms with van der Waals surface area (Å²) in [6, 6.07) is -0.183. The SMILES string of the molecule is COC(=O)C1CCN1CC(O)Cn1ccnc1. The fraction of sp³-hybridized carbons (Fsp3) is 0.636. The number of nitrogens with zero attached hydrogens (tertiary/aromatic N) is 3. The number of likely N-dealkylation sites (tertiary alicyclic amines) is 1. The Kier molecular flexibility index (Phi) is 3.75. The molecule has 1 aromatic rings. The number of hydrogen-bond donors (Lipinski definition) is 1. The fourth-order valence-corrected chi connectivity index (χ4v) is 2.03. The Morgan fingerprint density at radius 1 is 1.65 bits per heavy atom. The van der Waals surface area contributed by atoms with E-state index in [1.165, 1.54) is 7.11 Å². The van der Waals surface area contributed by atoms with Crippen LogP contribution in [-0.2, 0) is 16.1 Å². The van der Waals surface area contributed by atoms with Crippen LogP contribution < -0.4 is 0 Å². The highest BCUT2D eigenvalue weighted by Crippen LogP contribution is 2.18. The maximum Gasteiger partial charge on any atom is 0.323 e. The summed E-state index contributed by atoms with van der Waals surface area (Å²) in [7, 11) is 1.39. The van der Waals surface area contributed by atoms with Gasteiger partial charge in [0.05, 0.1) is 26.1 Å². The summed E-state index contributed by atoms with van der Waals surface area (Å²) >= 11 is 0. The Morgan fingerprint density at radius 2 is 2.47 bits per heavy atom. The lowest BCUT2D eigenvalue weighted by Crippen LogP contribution is -2.55. The van der Waals surface area contributed by atoms with Gasteiger partial charge in [-0.05, 0) is 6.42 Å². The molecule has 2 heterocycles. The molecule has 0 saturated carbocycles. The van der Waals surface area contributed by atoms with Crippen molar-refractivity contribution in [3.63, 3.8) is 0 Å². The molecule has 17 heavy (non-hydrogen) atoms. The van der Waals surface area contributed by atoms with E-state index in [9.17, 15) is 9.90 Å². The lowest BCUT2D eigenvalue weighted by Gasteiger charge is -2.39. The number of imidazole rings is 1. The number of methoxy groups -OCH3 is 1. The Balaban J connectivity index is 1.79. The molecule has 0 aromatic carbocycles. The molecular weight excluding hydrogens is 222 g/mol. The third kappa shape index (κ3) is 2.83. The van der Waals surface area contributed by atoms with Gasteiger partial charge in [-0.1, -0.05) is 0 Å². The largest absolute Gasteiger partial charge is 0.468 e. The molecule has 2 unspecified atom stereocenters. The van der Waals surface area contributed by atoms with E-state index in [4.69, 9.17) is 4.74 Å². The number of esters is 1. The van der Waals surface area contributed by atoms with Crippen LogP contribution in [0.2, 0.25) is 0 Å². The van der Waals surface area contributed by atoms with E-state index in [-0.39, 0.29) is 12.0 Å². The number of aromatic nitrogens is 2. The first kappa shape index (κ1) is 12.1. The maximum absolute atomic E-state index is 11.3. The zero-order valence-electron chi connectivity index (χ0n) is 9.82. The Bertz CT molecular complexity index is 366. The van der Waals surface area contributed by atoms with E-state index < -0.39 is 6.10 Å². The number of hydrogen-bond acceptors (Lipinski definition) is 5. The molecule has 1 aromatic heterocycles. The van der Waals surface area contributed by atoms with Gasteiger partial charge in [0.1, 0.15) is 6.04 Å². The average Bonchev–Trinajstić information content (AvgIpc) is 2.77. The molecular formula is C11H17N3O3. The summed E-state index contributed by atoms with van der Waals surface area (Å²) in [5.74, 6) is -0.217. The van der Waals surface area contributed by atoms with E-state index in [1.54, 1.807) is 18.7 Å². The van der Waals surface area contributed by atoms with Gasteiger partial charge in [0.2, 0.25) is 0 Å². The van der Waals surface area contributed by atoms with Crippen molar-refractivity contribution in [3.05, 3.63) is 18.7 Å². The number of β-amino-alcohol motifs (C(OH)–C–C–N with tert-alkyl or cyclic N) is 1. The highest BCUT2D eigenvalue weighted by atomic mass is 16.5. The van der Waals surface area contributed by atoms with Crippen molar-refractivity contribution in [2.45, 2.75) is 25.1 Å². The van der Waals surface area contributed by atoms with Crippen LogP contribution in [0.3, 0.4) is 0 Å². The molecule has 0 amide bonds. The lowest BCUT2D eigenvalue weighted by atomic mass is 10.0. The zero-order valence-corrected chi connectivity index (χ0v) is 9.82. The third-order valence-corrected chi connectivity index (χ3v) is 3.03. The molecule has 0 radical (unpaired) electrons. The van der Waals surface area contributed by atoms with Crippen molar-refractivity contribution in [1.82, 2.24) is 14.5 Å². The number of aliphatic hydroxyl groups is 1. The molecule has 2 atom stereocenters. The normalized spacial score (nSPS) is 21.9. The summed E-state index contributed by atoms with van der Waals surface area (Å²) in [4.78, 5) is 17.2. The monoisotopic (exact) mass is 239 g/mol. The van der Waals surface area contributed by atoms with Crippen LogP contribution in [0, 0.1) is 0 Å². The van der Waals surface area contributed by atoms with Gasteiger partial charge in [-0.3, -0.25) is 9.69 Å². The fourth-order valence-electron chi connectivity index (χ4n) is 2.03. The van der Waals surface area contributed by atoms with Crippen LogP contribution in [0.25, 0.3) is 0 Å². The molecule has 2 rings (SSSR count). The predicted octanol–water partition coefficient (Wildman–Crippen LogP) is -0.509. The minimum atomic E-state index is -0.503. The van der Waals surface area contributed by atoms with Crippen molar-refractivity contribution in [2.75, 3.05) is 20.2 Å². The number of rotatable bonds is 5. The summed E-state index contributed by atoms with van der Waals surface area (Å²) in [6.45, 7) is 1.81. The summed E-state index contributed by atoms with van der Waals surface area (Å²) in [6.07, 6.45) is 5.45. The quantitative estimate of drug-likeness (QED) is 0.701. The van der Waals surface area contributed by atoms with Crippen molar-refractivity contribution < 1.29 is 14.6 Å². The molecule has 1 aliphatic rings. The van der Waals surface area contributed by atoms with E-state index >= 15 is 0 Å². The van der Waals surface area contributed by atoms with Gasteiger partial charge in [-0.15, -0.1) is 0 Å². The molecule has 1 fully saturated rings.